The molecule has 0 spiro atoms. The van der Waals surface area contributed by atoms with E-state index in [1.807, 2.05) is 0 Å². The summed E-state index contributed by atoms with van der Waals surface area (Å²) in [7, 11) is 1.55. The molecule has 3 nitrogen and oxygen atoms in total. The van der Waals surface area contributed by atoms with Crippen molar-refractivity contribution in [3.05, 3.63) is 29.8 Å². The topological polar surface area (TPSA) is 59.0 Å². The summed E-state index contributed by atoms with van der Waals surface area (Å²) in [6.45, 7) is -0.860. The molecule has 1 aromatic carbocycles. The van der Waals surface area contributed by atoms with Crippen molar-refractivity contribution in [1.29, 1.82) is 5.26 Å². The molecule has 4 heteroatoms. The Bertz CT molecular complexity index is 375. The van der Waals surface area contributed by atoms with Crippen molar-refractivity contribution in [3.8, 4) is 11.8 Å². The lowest BCUT2D eigenvalue weighted by molar-refractivity contribution is 0.365. The maximum Gasteiger partial charge on any atom is 0.136 e. The lowest BCUT2D eigenvalue weighted by atomic mass is 9.95. The highest BCUT2D eigenvalue weighted by atomic mass is 19.1. The SMILES string of the molecule is COc1cccc(CC(N)(C#N)CF)c1. The molecular weight excluding hydrogens is 195 g/mol. The van der Waals surface area contributed by atoms with Gasteiger partial charge in [-0.2, -0.15) is 5.26 Å². The molecule has 0 saturated carbocycles. The quantitative estimate of drug-likeness (QED) is 0.814. The predicted molar refractivity (Wildman–Crippen MR) is 55.2 cm³/mol. The van der Waals surface area contributed by atoms with Crippen LogP contribution < -0.4 is 10.5 Å². The van der Waals surface area contributed by atoms with E-state index in [0.717, 1.165) is 5.56 Å². The van der Waals surface area contributed by atoms with Gasteiger partial charge in [0.05, 0.1) is 13.2 Å². The summed E-state index contributed by atoms with van der Waals surface area (Å²) in [5.41, 5.74) is 4.89. The molecule has 1 rings (SSSR count). The highest BCUT2D eigenvalue weighted by Crippen LogP contribution is 2.17. The lowest BCUT2D eigenvalue weighted by Crippen LogP contribution is -2.42. The van der Waals surface area contributed by atoms with Crippen LogP contribution in [-0.2, 0) is 6.42 Å². The Balaban J connectivity index is 2.85. The number of ether oxygens (including phenoxy) is 1. The number of benzene rings is 1. The number of nitrogens with zero attached hydrogens (tertiary/aromatic N) is 1. The summed E-state index contributed by atoms with van der Waals surface area (Å²) in [6.07, 6.45) is 0.178. The van der Waals surface area contributed by atoms with Gasteiger partial charge in [-0.25, -0.2) is 4.39 Å². The van der Waals surface area contributed by atoms with Crippen LogP contribution >= 0.6 is 0 Å². The number of nitriles is 1. The Morgan fingerprint density at radius 3 is 2.87 bits per heavy atom. The third kappa shape index (κ3) is 2.93. The van der Waals surface area contributed by atoms with Crippen LogP contribution in [0.4, 0.5) is 4.39 Å². The van der Waals surface area contributed by atoms with E-state index in [9.17, 15) is 4.39 Å². The fourth-order valence-electron chi connectivity index (χ4n) is 1.26. The minimum absolute atomic E-state index is 0.178. The molecule has 0 radical (unpaired) electrons. The minimum atomic E-state index is -1.44. The number of methoxy groups -OCH3 is 1. The van der Waals surface area contributed by atoms with E-state index in [2.05, 4.69) is 0 Å². The van der Waals surface area contributed by atoms with Crippen molar-refractivity contribution in [2.24, 2.45) is 5.73 Å². The fourth-order valence-corrected chi connectivity index (χ4v) is 1.26. The van der Waals surface area contributed by atoms with E-state index in [0.29, 0.717) is 5.75 Å². The molecule has 0 aromatic heterocycles. The van der Waals surface area contributed by atoms with E-state index in [1.165, 1.54) is 0 Å². The maximum absolute atomic E-state index is 12.5. The van der Waals surface area contributed by atoms with Crippen LogP contribution in [0.3, 0.4) is 0 Å². The fraction of sp³-hybridized carbons (Fsp3) is 0.364. The zero-order valence-electron chi connectivity index (χ0n) is 8.53. The van der Waals surface area contributed by atoms with E-state index in [4.69, 9.17) is 15.7 Å². The molecule has 80 valence electrons. The zero-order valence-corrected chi connectivity index (χ0v) is 8.53. The molecule has 0 aliphatic heterocycles. The Morgan fingerprint density at radius 1 is 1.60 bits per heavy atom. The summed E-state index contributed by atoms with van der Waals surface area (Å²) < 4.78 is 17.6. The molecule has 15 heavy (non-hydrogen) atoms. The van der Waals surface area contributed by atoms with E-state index < -0.39 is 12.2 Å². The van der Waals surface area contributed by atoms with E-state index >= 15 is 0 Å². The summed E-state index contributed by atoms with van der Waals surface area (Å²) >= 11 is 0. The second kappa shape index (κ2) is 4.76. The molecule has 1 atom stereocenters. The Hall–Kier alpha value is -1.60. The van der Waals surface area contributed by atoms with Crippen LogP contribution in [0.1, 0.15) is 5.56 Å². The van der Waals surface area contributed by atoms with Crippen LogP contribution in [-0.4, -0.2) is 19.3 Å². The average Bonchev–Trinajstić information content (AvgIpc) is 2.29. The van der Waals surface area contributed by atoms with Gasteiger partial charge in [0.2, 0.25) is 0 Å². The van der Waals surface area contributed by atoms with Gasteiger partial charge >= 0.3 is 0 Å². The van der Waals surface area contributed by atoms with Crippen molar-refractivity contribution in [1.82, 2.24) is 0 Å². The molecular formula is C11H13FN2O. The molecule has 1 unspecified atom stereocenters. The summed E-state index contributed by atoms with van der Waals surface area (Å²) in [4.78, 5) is 0. The highest BCUT2D eigenvalue weighted by molar-refractivity contribution is 5.31. The standard InChI is InChI=1S/C11H13FN2O/c1-15-10-4-2-3-9(5-10)6-11(14,7-12)8-13/h2-5H,6-7,14H2,1H3. The molecule has 2 N–H and O–H groups in total. The van der Waals surface area contributed by atoms with Gasteiger partial charge in [0.1, 0.15) is 18.0 Å². The first kappa shape index (κ1) is 11.5. The van der Waals surface area contributed by atoms with E-state index in [1.54, 1.807) is 37.4 Å². The number of nitrogens with two attached hydrogens (primary N) is 1. The number of alkyl halides is 1. The maximum atomic E-state index is 12.5. The number of halogens is 1. The predicted octanol–water partition coefficient (Wildman–Crippen LogP) is 1.43. The molecule has 0 heterocycles. The first-order valence-corrected chi connectivity index (χ1v) is 4.52. The van der Waals surface area contributed by atoms with Gasteiger partial charge in [-0.3, -0.25) is 0 Å². The van der Waals surface area contributed by atoms with Gasteiger partial charge in [0, 0.05) is 6.42 Å². The normalized spacial score (nSPS) is 14.0. The van der Waals surface area contributed by atoms with Crippen LogP contribution in [0.15, 0.2) is 24.3 Å². The Morgan fingerprint density at radius 2 is 2.33 bits per heavy atom. The molecule has 1 aromatic rings. The van der Waals surface area contributed by atoms with Crippen molar-refractivity contribution < 1.29 is 9.13 Å². The van der Waals surface area contributed by atoms with Crippen molar-refractivity contribution in [2.75, 3.05) is 13.8 Å². The summed E-state index contributed by atoms with van der Waals surface area (Å²) in [5.74, 6) is 0.673. The van der Waals surface area contributed by atoms with Crippen LogP contribution in [0.25, 0.3) is 0 Å². The van der Waals surface area contributed by atoms with Crippen molar-refractivity contribution in [2.45, 2.75) is 12.0 Å². The lowest BCUT2D eigenvalue weighted by Gasteiger charge is -2.17. The van der Waals surface area contributed by atoms with Gasteiger partial charge in [-0.1, -0.05) is 12.1 Å². The van der Waals surface area contributed by atoms with Crippen LogP contribution in [0.5, 0.6) is 5.75 Å². The third-order valence-electron chi connectivity index (χ3n) is 2.11. The highest BCUT2D eigenvalue weighted by Gasteiger charge is 2.25. The van der Waals surface area contributed by atoms with Gasteiger partial charge in [0.25, 0.3) is 0 Å². The van der Waals surface area contributed by atoms with Gasteiger partial charge < -0.3 is 10.5 Å². The van der Waals surface area contributed by atoms with Crippen LogP contribution in [0, 0.1) is 11.3 Å². The van der Waals surface area contributed by atoms with E-state index in [-0.39, 0.29) is 6.42 Å². The van der Waals surface area contributed by atoms with Crippen molar-refractivity contribution >= 4 is 0 Å². The van der Waals surface area contributed by atoms with Gasteiger partial charge in [-0.15, -0.1) is 0 Å². The summed E-state index contributed by atoms with van der Waals surface area (Å²) in [5, 5.41) is 8.73. The van der Waals surface area contributed by atoms with Crippen LogP contribution in [0.2, 0.25) is 0 Å². The number of rotatable bonds is 4. The molecule has 0 aliphatic carbocycles. The summed E-state index contributed by atoms with van der Waals surface area (Å²) in [6, 6.07) is 8.87. The Kier molecular flexibility index (Phi) is 3.64. The Labute approximate surface area is 88.3 Å². The zero-order chi connectivity index (χ0) is 11.3. The largest absolute Gasteiger partial charge is 0.497 e. The monoisotopic (exact) mass is 208 g/mol. The molecule has 0 fully saturated rings. The number of hydrogen-bond acceptors (Lipinski definition) is 3. The minimum Gasteiger partial charge on any atom is -0.497 e. The first-order valence-electron chi connectivity index (χ1n) is 4.52. The van der Waals surface area contributed by atoms with Gasteiger partial charge in [-0.05, 0) is 17.7 Å². The second-order valence-electron chi connectivity index (χ2n) is 3.43. The second-order valence-corrected chi connectivity index (χ2v) is 3.43. The van der Waals surface area contributed by atoms with Crippen molar-refractivity contribution in [3.63, 3.8) is 0 Å². The third-order valence-corrected chi connectivity index (χ3v) is 2.11. The van der Waals surface area contributed by atoms with Gasteiger partial charge in [0.15, 0.2) is 0 Å². The molecule has 0 bridgehead atoms. The number of hydrogen-bond donors (Lipinski definition) is 1. The first-order chi connectivity index (χ1) is 7.13. The molecule has 0 aliphatic rings. The molecule has 0 saturated heterocycles. The smallest absolute Gasteiger partial charge is 0.136 e. The average molecular weight is 208 g/mol. The molecule has 0 amide bonds.